The van der Waals surface area contributed by atoms with Crippen LogP contribution in [-0.2, 0) is 14.2 Å². The minimum Gasteiger partial charge on any atom is -0.382 e. The normalized spacial score (nSPS) is 25.7. The molecule has 2 N–H and O–H groups in total. The van der Waals surface area contributed by atoms with Gasteiger partial charge in [0.2, 0.25) is 0 Å². The molecule has 0 spiro atoms. The Morgan fingerprint density at radius 3 is 2.95 bits per heavy atom. The van der Waals surface area contributed by atoms with Gasteiger partial charge in [-0.25, -0.2) is 9.78 Å². The van der Waals surface area contributed by atoms with E-state index >= 15 is 0 Å². The van der Waals surface area contributed by atoms with Crippen LogP contribution >= 0.6 is 0 Å². The minimum absolute atomic E-state index is 0.124. The average Bonchev–Trinajstić information content (AvgIpc) is 3.02. The molecule has 1 fully saturated rings. The predicted molar refractivity (Wildman–Crippen MR) is 72.2 cm³/mol. The van der Waals surface area contributed by atoms with Crippen LogP contribution in [0.3, 0.4) is 0 Å². The van der Waals surface area contributed by atoms with Gasteiger partial charge in [0.1, 0.15) is 18.0 Å². The maximum absolute atomic E-state index is 11.7. The third-order valence-corrected chi connectivity index (χ3v) is 3.59. The molecule has 0 saturated carbocycles. The summed E-state index contributed by atoms with van der Waals surface area (Å²) in [5.74, 6) is 0. The number of nitrogens with zero attached hydrogens (tertiary/aromatic N) is 2. The first-order valence-electron chi connectivity index (χ1n) is 6.50. The van der Waals surface area contributed by atoms with Crippen LogP contribution in [0.4, 0.5) is 0 Å². The van der Waals surface area contributed by atoms with Gasteiger partial charge in [-0.05, 0) is 0 Å². The van der Waals surface area contributed by atoms with Crippen molar-refractivity contribution >= 4 is 11.2 Å². The van der Waals surface area contributed by atoms with Crippen LogP contribution in [0.2, 0.25) is 0 Å². The largest absolute Gasteiger partial charge is 0.382 e. The molecule has 1 aliphatic rings. The van der Waals surface area contributed by atoms with Crippen LogP contribution < -0.4 is 11.2 Å². The zero-order valence-electron chi connectivity index (χ0n) is 11.7. The molecule has 9 heteroatoms. The Kier molecular flexibility index (Phi) is 3.62. The van der Waals surface area contributed by atoms with Gasteiger partial charge in [-0.2, -0.15) is 0 Å². The fourth-order valence-electron chi connectivity index (χ4n) is 2.60. The molecule has 3 atom stereocenters. The highest BCUT2D eigenvalue weighted by Crippen LogP contribution is 2.31. The number of aromatic amines is 2. The van der Waals surface area contributed by atoms with Crippen molar-refractivity contribution in [1.82, 2.24) is 19.5 Å². The van der Waals surface area contributed by atoms with Gasteiger partial charge in [-0.3, -0.25) is 19.3 Å². The number of hydrogen-bond donors (Lipinski definition) is 2. The molecule has 1 unspecified atom stereocenters. The number of ether oxygens (including phenoxy) is 3. The molecule has 0 aromatic carbocycles. The van der Waals surface area contributed by atoms with Crippen LogP contribution in [0.25, 0.3) is 11.2 Å². The summed E-state index contributed by atoms with van der Waals surface area (Å²) < 4.78 is 18.0. The van der Waals surface area contributed by atoms with Gasteiger partial charge < -0.3 is 14.2 Å². The van der Waals surface area contributed by atoms with E-state index in [0.29, 0.717) is 18.7 Å². The lowest BCUT2D eigenvalue weighted by Crippen LogP contribution is -2.27. The van der Waals surface area contributed by atoms with Crippen molar-refractivity contribution in [2.75, 3.05) is 20.8 Å². The fourth-order valence-corrected chi connectivity index (χ4v) is 2.60. The van der Waals surface area contributed by atoms with Gasteiger partial charge in [0.25, 0.3) is 5.56 Å². The molecule has 9 nitrogen and oxygen atoms in total. The quantitative estimate of drug-likeness (QED) is 0.776. The van der Waals surface area contributed by atoms with E-state index in [2.05, 4.69) is 15.0 Å². The molecule has 0 aliphatic carbocycles. The molecule has 1 aliphatic heterocycles. The Morgan fingerprint density at radius 2 is 2.24 bits per heavy atom. The Morgan fingerprint density at radius 1 is 1.43 bits per heavy atom. The number of imidazole rings is 1. The molecule has 0 amide bonds. The van der Waals surface area contributed by atoms with Crippen LogP contribution in [-0.4, -0.2) is 52.6 Å². The number of nitrogens with one attached hydrogen (secondary N) is 2. The smallest absolute Gasteiger partial charge is 0.327 e. The average molecular weight is 296 g/mol. The molecule has 21 heavy (non-hydrogen) atoms. The summed E-state index contributed by atoms with van der Waals surface area (Å²) in [5.41, 5.74) is -0.602. The highest BCUT2D eigenvalue weighted by atomic mass is 16.6. The predicted octanol–water partition coefficient (Wildman–Crippen LogP) is -0.638. The van der Waals surface area contributed by atoms with E-state index in [0.717, 1.165) is 0 Å². The van der Waals surface area contributed by atoms with Crippen molar-refractivity contribution in [1.29, 1.82) is 0 Å². The number of H-pyrrole nitrogens is 2. The van der Waals surface area contributed by atoms with E-state index in [-0.39, 0.29) is 24.0 Å². The third kappa shape index (κ3) is 2.39. The van der Waals surface area contributed by atoms with Gasteiger partial charge in [0, 0.05) is 20.6 Å². The van der Waals surface area contributed by atoms with Crippen LogP contribution in [0.15, 0.2) is 15.9 Å². The maximum Gasteiger partial charge on any atom is 0.327 e. The zero-order chi connectivity index (χ0) is 15.0. The van der Waals surface area contributed by atoms with E-state index < -0.39 is 11.2 Å². The first-order chi connectivity index (χ1) is 10.1. The molecule has 3 rings (SSSR count). The zero-order valence-corrected chi connectivity index (χ0v) is 11.7. The summed E-state index contributed by atoms with van der Waals surface area (Å²) in [6.07, 6.45) is 1.34. The second kappa shape index (κ2) is 5.43. The highest BCUT2D eigenvalue weighted by Gasteiger charge is 2.37. The Labute approximate surface area is 118 Å². The summed E-state index contributed by atoms with van der Waals surface area (Å²) in [6.45, 7) is 0.402. The first-order valence-corrected chi connectivity index (χ1v) is 6.50. The molecular formula is C12H16N4O5. The monoisotopic (exact) mass is 296 g/mol. The number of fused-ring (bicyclic) bond motifs is 1. The Bertz CT molecular complexity index is 748. The molecule has 3 heterocycles. The lowest BCUT2D eigenvalue weighted by atomic mass is 10.2. The van der Waals surface area contributed by atoms with E-state index in [1.54, 1.807) is 18.8 Å². The van der Waals surface area contributed by atoms with Crippen molar-refractivity contribution < 1.29 is 14.2 Å². The van der Waals surface area contributed by atoms with Gasteiger partial charge >= 0.3 is 5.69 Å². The summed E-state index contributed by atoms with van der Waals surface area (Å²) >= 11 is 0. The topological polar surface area (TPSA) is 111 Å². The fraction of sp³-hybridized carbons (Fsp3) is 0.583. The van der Waals surface area contributed by atoms with E-state index in [1.165, 1.54) is 6.33 Å². The molecular weight excluding hydrogens is 280 g/mol. The molecule has 2 aromatic heterocycles. The van der Waals surface area contributed by atoms with Crippen molar-refractivity contribution in [2.24, 2.45) is 0 Å². The third-order valence-electron chi connectivity index (χ3n) is 3.59. The summed E-state index contributed by atoms with van der Waals surface area (Å²) in [7, 11) is 3.20. The lowest BCUT2D eigenvalue weighted by Gasteiger charge is -2.16. The first kappa shape index (κ1) is 14.0. The van der Waals surface area contributed by atoms with Crippen molar-refractivity contribution in [3.63, 3.8) is 0 Å². The van der Waals surface area contributed by atoms with Gasteiger partial charge in [0.15, 0.2) is 5.52 Å². The summed E-state index contributed by atoms with van der Waals surface area (Å²) in [6, 6.07) is 0. The molecule has 2 aromatic rings. The molecule has 114 valence electrons. The van der Waals surface area contributed by atoms with Gasteiger partial charge in [-0.15, -0.1) is 0 Å². The van der Waals surface area contributed by atoms with Crippen LogP contribution in [0.1, 0.15) is 12.6 Å². The highest BCUT2D eigenvalue weighted by molar-refractivity contribution is 5.68. The van der Waals surface area contributed by atoms with E-state index in [9.17, 15) is 9.59 Å². The standard InChI is InChI=1S/C12H16N4O5/c1-19-4-7-6(20-2)3-8(21-7)16-5-13-9-10(16)14-12(18)15-11(9)17/h5-8H,3-4H2,1-2H3,(H2,14,15,17,18)/t6-,7?,8+/m0/s1. The number of rotatable bonds is 4. The minimum atomic E-state index is -0.580. The number of aromatic nitrogens is 4. The van der Waals surface area contributed by atoms with E-state index in [1.807, 2.05) is 0 Å². The van der Waals surface area contributed by atoms with Crippen molar-refractivity contribution in [3.05, 3.63) is 27.2 Å². The molecule has 0 radical (unpaired) electrons. The number of methoxy groups -OCH3 is 2. The second-order valence-corrected chi connectivity index (χ2v) is 4.85. The van der Waals surface area contributed by atoms with E-state index in [4.69, 9.17) is 14.2 Å². The van der Waals surface area contributed by atoms with Crippen molar-refractivity contribution in [2.45, 2.75) is 24.9 Å². The number of hydrogen-bond acceptors (Lipinski definition) is 6. The van der Waals surface area contributed by atoms with Crippen molar-refractivity contribution in [3.8, 4) is 0 Å². The lowest BCUT2D eigenvalue weighted by molar-refractivity contribution is -0.0597. The molecule has 0 bridgehead atoms. The van der Waals surface area contributed by atoms with Crippen LogP contribution in [0, 0.1) is 0 Å². The van der Waals surface area contributed by atoms with Crippen LogP contribution in [0.5, 0.6) is 0 Å². The summed E-state index contributed by atoms with van der Waals surface area (Å²) in [5, 5.41) is 0. The van der Waals surface area contributed by atoms with Gasteiger partial charge in [-0.1, -0.05) is 0 Å². The summed E-state index contributed by atoms with van der Waals surface area (Å²) in [4.78, 5) is 31.8. The Balaban J connectivity index is 1.98. The maximum atomic E-state index is 11.7. The second-order valence-electron chi connectivity index (χ2n) is 4.85. The SMILES string of the molecule is COCC1O[C@@H](n2cnc3c(=O)[nH]c(=O)[nH]c32)C[C@@H]1OC. The Hall–Kier alpha value is -1.97. The molecule has 1 saturated heterocycles. The van der Waals surface area contributed by atoms with Gasteiger partial charge in [0.05, 0.1) is 19.0 Å².